The van der Waals surface area contributed by atoms with Crippen molar-refractivity contribution in [2.24, 2.45) is 23.7 Å². The highest BCUT2D eigenvalue weighted by atomic mass is 16.7. The number of nitrogens with zero attached hydrogens (tertiary/aromatic N) is 1. The van der Waals surface area contributed by atoms with E-state index in [1.54, 1.807) is 41.5 Å². The number of carbonyl (C=O) groups excluding carboxylic acids is 2. The highest BCUT2D eigenvalue weighted by Crippen LogP contribution is 2.41. The Balaban J connectivity index is 0.000000725. The third-order valence-corrected chi connectivity index (χ3v) is 15.8. The minimum absolute atomic E-state index is 0.0936. The summed E-state index contributed by atoms with van der Waals surface area (Å²) in [6.07, 6.45) is 10.5. The van der Waals surface area contributed by atoms with Gasteiger partial charge in [0.1, 0.15) is 29.7 Å². The van der Waals surface area contributed by atoms with Gasteiger partial charge in [-0.15, -0.1) is 0 Å². The number of carboxylic acid groups (broad SMARTS) is 1. The summed E-state index contributed by atoms with van der Waals surface area (Å²) in [6, 6.07) is -0.324. The van der Waals surface area contributed by atoms with Crippen molar-refractivity contribution < 1.29 is 73.4 Å². The standard InChI is InChI=1S/C37H67NO13.C18H36O2/c1-14-25-37(10,45)30(41)20(4)27(39)18(2)16-35(8,44)32(51-34-28(40)24(38(11)12)15-19(3)47-34)21(5)29(22(6)33(43)49-25)50-26-17-36(9,46-13)31(42)23(7)48-26;1-2-3-4-5-6-7-8-9-10-11-12-13-14-15-16-17-18(19)20/h18-26,28-32,34,40-42,44-45H,14-17H2,1-13H3;2-17H2,1H3,(H,19,20)/t18-,19+,20?,21+,22-,23-,24-,25-,26-,28+,29+,30+,31-,32-,34-,35-,36+,37?;/m0./s1. The maximum Gasteiger partial charge on any atom is 0.311 e. The van der Waals surface area contributed by atoms with Crippen LogP contribution in [0.15, 0.2) is 0 Å². The third-order valence-electron chi connectivity index (χ3n) is 15.8. The molecule has 18 atom stereocenters. The maximum atomic E-state index is 14.1. The van der Waals surface area contributed by atoms with Gasteiger partial charge in [0.05, 0.1) is 47.6 Å². The number of ether oxygens (including phenoxy) is 6. The van der Waals surface area contributed by atoms with E-state index in [9.17, 15) is 39.9 Å². The molecule has 0 saturated carbocycles. The largest absolute Gasteiger partial charge is 0.481 e. The number of Topliss-reactive ketones (excluding diaryl/α,β-unsaturated/α-hetero) is 1. The molecule has 3 saturated heterocycles. The topological polar surface area (TPSA) is 231 Å². The molecular weight excluding hydrogens is 915 g/mol. The lowest BCUT2D eigenvalue weighted by atomic mass is 9.74. The monoisotopic (exact) mass is 1020 g/mol. The van der Waals surface area contributed by atoms with Gasteiger partial charge in [0.25, 0.3) is 0 Å². The zero-order valence-electron chi connectivity index (χ0n) is 46.6. The Labute approximate surface area is 428 Å². The van der Waals surface area contributed by atoms with E-state index in [1.165, 1.54) is 111 Å². The highest BCUT2D eigenvalue weighted by molar-refractivity contribution is 5.83. The summed E-state index contributed by atoms with van der Waals surface area (Å²) in [5, 5.41) is 66.1. The van der Waals surface area contributed by atoms with E-state index in [0.717, 1.165) is 12.8 Å². The summed E-state index contributed by atoms with van der Waals surface area (Å²) < 4.78 is 37.1. The second-order valence-electron chi connectivity index (χ2n) is 22.6. The molecule has 16 nitrogen and oxygen atoms in total. The Morgan fingerprint density at radius 3 is 1.73 bits per heavy atom. The van der Waals surface area contributed by atoms with Gasteiger partial charge in [0, 0.05) is 43.7 Å². The molecule has 0 aromatic carbocycles. The molecule has 418 valence electrons. The van der Waals surface area contributed by atoms with Crippen LogP contribution in [0.4, 0.5) is 0 Å². The van der Waals surface area contributed by atoms with Crippen molar-refractivity contribution in [3.8, 4) is 0 Å². The van der Waals surface area contributed by atoms with Crippen LogP contribution in [0.1, 0.15) is 205 Å². The first-order valence-electron chi connectivity index (χ1n) is 27.5. The number of hydrogen-bond donors (Lipinski definition) is 6. The number of unbranched alkanes of at least 4 members (excludes halogenated alkanes) is 14. The van der Waals surface area contributed by atoms with Crippen LogP contribution in [-0.4, -0.2) is 159 Å². The van der Waals surface area contributed by atoms with Crippen molar-refractivity contribution >= 4 is 17.7 Å². The summed E-state index contributed by atoms with van der Waals surface area (Å²) >= 11 is 0. The van der Waals surface area contributed by atoms with Gasteiger partial charge in [-0.2, -0.15) is 0 Å². The molecular formula is C55H103NO15. The molecule has 0 bridgehead atoms. The molecule has 6 N–H and O–H groups in total. The van der Waals surface area contributed by atoms with E-state index in [2.05, 4.69) is 6.92 Å². The molecule has 16 heteroatoms. The van der Waals surface area contributed by atoms with Crippen molar-refractivity contribution in [3.05, 3.63) is 0 Å². The Hall–Kier alpha value is -1.83. The Kier molecular flexibility index (Phi) is 28.8. The average molecular weight is 1020 g/mol. The predicted molar refractivity (Wildman–Crippen MR) is 273 cm³/mol. The SMILES string of the molecule is CCCCCCCCCCCCCCCCCC(=O)O.CC[C@@H]1OC(=O)[C@@H](C)[C@H](O[C@H]2C[C@@](C)(OC)[C@@H](O)[C@H](C)O2)[C@@H](C)[C@H](O[C@@H]2O[C@H](C)C[C@H](N(C)C)[C@H]2O)[C@@](C)(O)C[C@H](C)C(=O)C(C)[C@@H](O)C1(C)O. The first-order valence-corrected chi connectivity index (χ1v) is 27.5. The summed E-state index contributed by atoms with van der Waals surface area (Å²) in [5.74, 6) is -5.63. The molecule has 3 fully saturated rings. The summed E-state index contributed by atoms with van der Waals surface area (Å²) in [5.41, 5.74) is -4.84. The molecule has 3 heterocycles. The van der Waals surface area contributed by atoms with Gasteiger partial charge in [0.15, 0.2) is 12.6 Å². The molecule has 2 unspecified atom stereocenters. The lowest BCUT2D eigenvalue weighted by Crippen LogP contribution is -2.61. The van der Waals surface area contributed by atoms with Crippen molar-refractivity contribution in [1.82, 2.24) is 4.90 Å². The molecule has 3 rings (SSSR count). The number of likely N-dealkylation sites (N-methyl/N-ethyl adjacent to an activating group) is 1. The number of carbonyl (C=O) groups is 3. The number of aliphatic hydroxyl groups is 5. The van der Waals surface area contributed by atoms with Crippen molar-refractivity contribution in [1.29, 1.82) is 0 Å². The van der Waals surface area contributed by atoms with Gasteiger partial charge in [-0.1, -0.05) is 125 Å². The molecule has 0 amide bonds. The lowest BCUT2D eigenvalue weighted by molar-refractivity contribution is -0.318. The number of rotatable bonds is 23. The molecule has 0 aliphatic carbocycles. The Morgan fingerprint density at radius 1 is 0.732 bits per heavy atom. The van der Waals surface area contributed by atoms with E-state index < -0.39 is 114 Å². The zero-order chi connectivity index (χ0) is 53.9. The van der Waals surface area contributed by atoms with Gasteiger partial charge in [-0.25, -0.2) is 0 Å². The Bertz CT molecular complexity index is 1530. The van der Waals surface area contributed by atoms with Crippen LogP contribution in [0.25, 0.3) is 0 Å². The fourth-order valence-electron chi connectivity index (χ4n) is 11.1. The minimum Gasteiger partial charge on any atom is -0.481 e. The first kappa shape index (κ1) is 65.3. The fourth-order valence-corrected chi connectivity index (χ4v) is 11.1. The molecule has 3 aliphatic rings. The minimum atomic E-state index is -1.99. The molecule has 0 aromatic rings. The fraction of sp³-hybridized carbons (Fsp3) is 0.945. The summed E-state index contributed by atoms with van der Waals surface area (Å²) in [6.45, 7) is 18.6. The predicted octanol–water partition coefficient (Wildman–Crippen LogP) is 8.12. The second kappa shape index (κ2) is 31.3. The number of hydrogen-bond acceptors (Lipinski definition) is 15. The zero-order valence-corrected chi connectivity index (χ0v) is 46.6. The maximum absolute atomic E-state index is 14.1. The number of carboxylic acids is 1. The van der Waals surface area contributed by atoms with Gasteiger partial charge in [-0.3, -0.25) is 14.4 Å². The van der Waals surface area contributed by atoms with E-state index in [4.69, 9.17) is 33.5 Å². The smallest absolute Gasteiger partial charge is 0.311 e. The van der Waals surface area contributed by atoms with Crippen LogP contribution in [-0.2, 0) is 42.8 Å². The summed E-state index contributed by atoms with van der Waals surface area (Å²) in [4.78, 5) is 40.1. The van der Waals surface area contributed by atoms with E-state index in [0.29, 0.717) is 12.8 Å². The van der Waals surface area contributed by atoms with Crippen LogP contribution >= 0.6 is 0 Å². The molecule has 0 radical (unpaired) electrons. The first-order chi connectivity index (χ1) is 33.2. The van der Waals surface area contributed by atoms with Gasteiger partial charge in [0.2, 0.25) is 0 Å². The number of ketones is 1. The van der Waals surface area contributed by atoms with Gasteiger partial charge in [-0.05, 0) is 81.3 Å². The normalized spacial score (nSPS) is 38.8. The van der Waals surface area contributed by atoms with E-state index in [1.807, 2.05) is 25.9 Å². The quantitative estimate of drug-likeness (QED) is 0.0419. The molecule has 0 aromatic heterocycles. The molecule has 0 spiro atoms. The number of aliphatic hydroxyl groups excluding tert-OH is 3. The number of cyclic esters (lactones) is 1. The highest BCUT2D eigenvalue weighted by Gasteiger charge is 2.53. The molecule has 71 heavy (non-hydrogen) atoms. The molecule has 3 aliphatic heterocycles. The second-order valence-corrected chi connectivity index (χ2v) is 22.6. The van der Waals surface area contributed by atoms with Crippen molar-refractivity contribution in [3.63, 3.8) is 0 Å². The van der Waals surface area contributed by atoms with Gasteiger partial charge >= 0.3 is 11.9 Å². The average Bonchev–Trinajstić information content (AvgIpc) is 3.31. The van der Waals surface area contributed by atoms with Crippen LogP contribution in [0.3, 0.4) is 0 Å². The summed E-state index contributed by atoms with van der Waals surface area (Å²) in [7, 11) is 5.18. The van der Waals surface area contributed by atoms with E-state index >= 15 is 0 Å². The third kappa shape index (κ3) is 20.0. The number of esters is 1. The van der Waals surface area contributed by atoms with Crippen LogP contribution < -0.4 is 0 Å². The van der Waals surface area contributed by atoms with E-state index in [-0.39, 0.29) is 31.4 Å². The van der Waals surface area contributed by atoms with Crippen molar-refractivity contribution in [2.75, 3.05) is 21.2 Å². The number of aliphatic carboxylic acids is 1. The number of methoxy groups -OCH3 is 1. The van der Waals surface area contributed by atoms with Crippen LogP contribution in [0.5, 0.6) is 0 Å². The Morgan fingerprint density at radius 2 is 1.25 bits per heavy atom. The van der Waals surface area contributed by atoms with Gasteiger partial charge < -0.3 is 64.0 Å². The van der Waals surface area contributed by atoms with Crippen molar-refractivity contribution in [2.45, 2.75) is 289 Å². The lowest BCUT2D eigenvalue weighted by Gasteiger charge is -2.49. The van der Waals surface area contributed by atoms with Crippen LogP contribution in [0, 0.1) is 23.7 Å². The van der Waals surface area contributed by atoms with Crippen LogP contribution in [0.2, 0.25) is 0 Å².